The molecule has 2 aliphatic rings. The van der Waals surface area contributed by atoms with Crippen LogP contribution in [0.1, 0.15) is 37.8 Å². The van der Waals surface area contributed by atoms with Gasteiger partial charge in [0, 0.05) is 31.9 Å². The number of carbonyl (C=O) groups excluding carboxylic acids is 2. The second kappa shape index (κ2) is 7.89. The minimum atomic E-state index is -0.326. The SMILES string of the molecule is CO[C@H]1C(=O)N(C(C)C)[C@H]1C1CCN(C(=O)Nc2ccc(C)c(C)c2)CC1. The first-order valence-electron chi connectivity index (χ1n) is 9.81. The highest BCUT2D eigenvalue weighted by atomic mass is 16.5. The van der Waals surface area contributed by atoms with Crippen LogP contribution in [0.2, 0.25) is 0 Å². The number of urea groups is 1. The number of rotatable bonds is 4. The molecule has 2 fully saturated rings. The number of carbonyl (C=O) groups is 2. The van der Waals surface area contributed by atoms with Crippen LogP contribution in [-0.2, 0) is 9.53 Å². The monoisotopic (exact) mass is 373 g/mol. The van der Waals surface area contributed by atoms with Gasteiger partial charge in [-0.25, -0.2) is 4.79 Å². The van der Waals surface area contributed by atoms with Gasteiger partial charge in [-0.3, -0.25) is 4.79 Å². The van der Waals surface area contributed by atoms with Crippen LogP contribution in [0.3, 0.4) is 0 Å². The van der Waals surface area contributed by atoms with E-state index >= 15 is 0 Å². The molecule has 1 aromatic rings. The average Bonchev–Trinajstić information content (AvgIpc) is 2.63. The van der Waals surface area contributed by atoms with Crippen molar-refractivity contribution in [2.24, 2.45) is 5.92 Å². The first-order chi connectivity index (χ1) is 12.8. The fraction of sp³-hybridized carbons (Fsp3) is 0.619. The lowest BCUT2D eigenvalue weighted by molar-refractivity contribution is -0.181. The van der Waals surface area contributed by atoms with Gasteiger partial charge in [0.2, 0.25) is 0 Å². The second-order valence-corrected chi connectivity index (χ2v) is 8.04. The van der Waals surface area contributed by atoms with E-state index in [0.717, 1.165) is 18.5 Å². The predicted molar refractivity (Wildman–Crippen MR) is 106 cm³/mol. The Hall–Kier alpha value is -2.08. The zero-order chi connectivity index (χ0) is 19.7. The number of aryl methyl sites for hydroxylation is 2. The Kier molecular flexibility index (Phi) is 5.75. The minimum Gasteiger partial charge on any atom is -0.369 e. The molecule has 148 valence electrons. The number of ether oxygens (including phenoxy) is 1. The lowest BCUT2D eigenvalue weighted by Gasteiger charge is -2.53. The summed E-state index contributed by atoms with van der Waals surface area (Å²) in [6.07, 6.45) is 1.45. The van der Waals surface area contributed by atoms with Crippen molar-refractivity contribution in [3.05, 3.63) is 29.3 Å². The van der Waals surface area contributed by atoms with Crippen LogP contribution in [0.15, 0.2) is 18.2 Å². The van der Waals surface area contributed by atoms with Gasteiger partial charge in [-0.15, -0.1) is 0 Å². The molecule has 0 spiro atoms. The molecule has 27 heavy (non-hydrogen) atoms. The van der Waals surface area contributed by atoms with Crippen molar-refractivity contribution in [3.8, 4) is 0 Å². The van der Waals surface area contributed by atoms with Gasteiger partial charge >= 0.3 is 6.03 Å². The van der Waals surface area contributed by atoms with E-state index in [-0.39, 0.29) is 30.1 Å². The van der Waals surface area contributed by atoms with Crippen LogP contribution in [0, 0.1) is 19.8 Å². The van der Waals surface area contributed by atoms with E-state index in [2.05, 4.69) is 12.2 Å². The van der Waals surface area contributed by atoms with E-state index in [1.807, 2.05) is 48.8 Å². The number of nitrogens with one attached hydrogen (secondary N) is 1. The molecule has 0 unspecified atom stereocenters. The number of hydrogen-bond acceptors (Lipinski definition) is 3. The lowest BCUT2D eigenvalue weighted by Crippen LogP contribution is -2.70. The number of piperidine rings is 1. The number of hydrogen-bond donors (Lipinski definition) is 1. The standard InChI is InChI=1S/C21H31N3O3/c1-13(2)24-18(19(27-5)20(24)25)16-8-10-23(11-9-16)21(26)22-17-7-6-14(3)15(4)12-17/h6-7,12-13,16,18-19H,8-11H2,1-5H3,(H,22,26)/t18-,19+/m0/s1. The topological polar surface area (TPSA) is 61.9 Å². The zero-order valence-corrected chi connectivity index (χ0v) is 17.0. The second-order valence-electron chi connectivity index (χ2n) is 8.04. The quantitative estimate of drug-likeness (QED) is 0.825. The number of nitrogens with zero attached hydrogens (tertiary/aromatic N) is 2. The third-order valence-electron chi connectivity index (χ3n) is 6.01. The van der Waals surface area contributed by atoms with Gasteiger partial charge in [0.25, 0.3) is 5.91 Å². The van der Waals surface area contributed by atoms with E-state index in [1.165, 1.54) is 11.1 Å². The molecule has 2 atom stereocenters. The van der Waals surface area contributed by atoms with Crippen LogP contribution in [0.25, 0.3) is 0 Å². The molecule has 6 heteroatoms. The number of anilines is 1. The van der Waals surface area contributed by atoms with Gasteiger partial charge in [0.05, 0.1) is 6.04 Å². The molecule has 0 radical (unpaired) electrons. The summed E-state index contributed by atoms with van der Waals surface area (Å²) < 4.78 is 5.43. The summed E-state index contributed by atoms with van der Waals surface area (Å²) in [5.41, 5.74) is 3.21. The molecule has 6 nitrogen and oxygen atoms in total. The Balaban J connectivity index is 1.57. The van der Waals surface area contributed by atoms with E-state index < -0.39 is 0 Å². The Morgan fingerprint density at radius 3 is 2.41 bits per heavy atom. The van der Waals surface area contributed by atoms with Crippen molar-refractivity contribution in [1.29, 1.82) is 0 Å². The first kappa shape index (κ1) is 19.7. The third kappa shape index (κ3) is 3.81. The first-order valence-corrected chi connectivity index (χ1v) is 9.81. The summed E-state index contributed by atoms with van der Waals surface area (Å²) in [5.74, 6) is 0.466. The van der Waals surface area contributed by atoms with Crippen molar-refractivity contribution in [2.45, 2.75) is 58.7 Å². The summed E-state index contributed by atoms with van der Waals surface area (Å²) in [7, 11) is 1.61. The molecular weight excluding hydrogens is 342 g/mol. The summed E-state index contributed by atoms with van der Waals surface area (Å²) >= 11 is 0. The molecule has 2 saturated heterocycles. The smallest absolute Gasteiger partial charge is 0.321 e. The maximum atomic E-state index is 12.6. The molecular formula is C21H31N3O3. The van der Waals surface area contributed by atoms with Crippen LogP contribution in [0.5, 0.6) is 0 Å². The van der Waals surface area contributed by atoms with Gasteiger partial charge in [0.1, 0.15) is 0 Å². The third-order valence-corrected chi connectivity index (χ3v) is 6.01. The number of benzene rings is 1. The Morgan fingerprint density at radius 2 is 1.85 bits per heavy atom. The fourth-order valence-electron chi connectivity index (χ4n) is 4.28. The Bertz CT molecular complexity index is 711. The minimum absolute atomic E-state index is 0.0506. The van der Waals surface area contributed by atoms with Gasteiger partial charge < -0.3 is 19.9 Å². The van der Waals surface area contributed by atoms with Gasteiger partial charge in [-0.1, -0.05) is 6.07 Å². The maximum Gasteiger partial charge on any atom is 0.321 e. The van der Waals surface area contributed by atoms with E-state index in [1.54, 1.807) is 7.11 Å². The summed E-state index contributed by atoms with van der Waals surface area (Å²) in [5, 5.41) is 3.00. The van der Waals surface area contributed by atoms with Crippen molar-refractivity contribution in [3.63, 3.8) is 0 Å². The lowest BCUT2D eigenvalue weighted by atomic mass is 9.79. The van der Waals surface area contributed by atoms with Crippen LogP contribution >= 0.6 is 0 Å². The highest BCUT2D eigenvalue weighted by Crippen LogP contribution is 2.36. The van der Waals surface area contributed by atoms with Crippen LogP contribution in [-0.4, -0.2) is 60.1 Å². The van der Waals surface area contributed by atoms with Crippen molar-refractivity contribution >= 4 is 17.6 Å². The normalized spacial score (nSPS) is 23.6. The Labute approximate surface area is 161 Å². The molecule has 2 heterocycles. The van der Waals surface area contributed by atoms with E-state index in [9.17, 15) is 9.59 Å². The molecule has 1 aromatic carbocycles. The Morgan fingerprint density at radius 1 is 1.19 bits per heavy atom. The number of amides is 3. The van der Waals surface area contributed by atoms with Crippen molar-refractivity contribution in [2.75, 3.05) is 25.5 Å². The number of methoxy groups -OCH3 is 1. The highest BCUT2D eigenvalue weighted by Gasteiger charge is 2.52. The molecule has 0 aliphatic carbocycles. The van der Waals surface area contributed by atoms with Crippen molar-refractivity contribution < 1.29 is 14.3 Å². The largest absolute Gasteiger partial charge is 0.369 e. The number of β-lactam (4-membered cyclic amide) rings is 1. The average molecular weight is 373 g/mol. The summed E-state index contributed by atoms with van der Waals surface area (Å²) in [6, 6.07) is 6.23. The molecule has 3 rings (SSSR count). The van der Waals surface area contributed by atoms with Crippen LogP contribution < -0.4 is 5.32 Å². The molecule has 2 aliphatic heterocycles. The van der Waals surface area contributed by atoms with E-state index in [0.29, 0.717) is 19.0 Å². The molecule has 0 aromatic heterocycles. The van der Waals surface area contributed by atoms with E-state index in [4.69, 9.17) is 4.74 Å². The maximum absolute atomic E-state index is 12.6. The predicted octanol–water partition coefficient (Wildman–Crippen LogP) is 3.18. The highest BCUT2D eigenvalue weighted by molar-refractivity contribution is 5.90. The van der Waals surface area contributed by atoms with Gasteiger partial charge in [-0.2, -0.15) is 0 Å². The summed E-state index contributed by atoms with van der Waals surface area (Å²) in [6.45, 7) is 9.60. The molecule has 3 amide bonds. The molecule has 0 bridgehead atoms. The zero-order valence-electron chi connectivity index (χ0n) is 17.0. The number of likely N-dealkylation sites (tertiary alicyclic amines) is 2. The summed E-state index contributed by atoms with van der Waals surface area (Å²) in [4.78, 5) is 28.7. The molecule has 0 saturated carbocycles. The van der Waals surface area contributed by atoms with Crippen LogP contribution in [0.4, 0.5) is 10.5 Å². The fourth-order valence-corrected chi connectivity index (χ4v) is 4.28. The van der Waals surface area contributed by atoms with Gasteiger partial charge in [0.15, 0.2) is 6.10 Å². The van der Waals surface area contributed by atoms with Gasteiger partial charge in [-0.05, 0) is 69.7 Å². The van der Waals surface area contributed by atoms with Crippen molar-refractivity contribution in [1.82, 2.24) is 9.80 Å². The molecule has 1 N–H and O–H groups in total.